The number of aromatic amines is 1. The maximum absolute atomic E-state index is 12.1. The molecule has 2 atom stereocenters. The number of carbonyl (C=O) groups excluding carboxylic acids is 1. The summed E-state index contributed by atoms with van der Waals surface area (Å²) >= 11 is 0. The molecule has 1 aromatic heterocycles. The third-order valence-electron chi connectivity index (χ3n) is 3.95. The highest BCUT2D eigenvalue weighted by atomic mass is 16.2. The zero-order chi connectivity index (χ0) is 11.1. The molecule has 1 saturated carbocycles. The Balaban J connectivity index is 1.73. The number of nitrogens with one attached hydrogen (secondary N) is 1. The molecular weight excluding hydrogens is 202 g/mol. The van der Waals surface area contributed by atoms with Crippen LogP contribution in [0.25, 0.3) is 0 Å². The monoisotopic (exact) mass is 219 g/mol. The van der Waals surface area contributed by atoms with E-state index in [0.717, 1.165) is 24.9 Å². The van der Waals surface area contributed by atoms with Gasteiger partial charge in [0.15, 0.2) is 0 Å². The van der Waals surface area contributed by atoms with Gasteiger partial charge >= 0.3 is 0 Å². The van der Waals surface area contributed by atoms with Gasteiger partial charge in [-0.25, -0.2) is 0 Å². The van der Waals surface area contributed by atoms with Crippen molar-refractivity contribution in [2.45, 2.75) is 19.3 Å². The molecule has 2 heterocycles. The molecule has 0 aromatic carbocycles. The SMILES string of the molecule is Nc1c[nH]c(C(=O)N2CC3CCCC3C2)c1. The molecule has 4 heteroatoms. The second-order valence-corrected chi connectivity index (χ2v) is 5.01. The van der Waals surface area contributed by atoms with Crippen LogP contribution in [0.15, 0.2) is 12.3 Å². The van der Waals surface area contributed by atoms with Crippen LogP contribution in [0.3, 0.4) is 0 Å². The summed E-state index contributed by atoms with van der Waals surface area (Å²) in [5, 5.41) is 0. The molecule has 3 rings (SSSR count). The Morgan fingerprint density at radius 3 is 2.62 bits per heavy atom. The maximum Gasteiger partial charge on any atom is 0.270 e. The molecular formula is C12H17N3O. The number of likely N-dealkylation sites (tertiary alicyclic amines) is 1. The van der Waals surface area contributed by atoms with E-state index in [1.54, 1.807) is 12.3 Å². The topological polar surface area (TPSA) is 62.1 Å². The molecule has 1 aromatic rings. The van der Waals surface area contributed by atoms with Crippen LogP contribution in [-0.4, -0.2) is 28.9 Å². The van der Waals surface area contributed by atoms with Crippen molar-refractivity contribution in [3.05, 3.63) is 18.0 Å². The lowest BCUT2D eigenvalue weighted by molar-refractivity contribution is 0.0775. The molecule has 16 heavy (non-hydrogen) atoms. The quantitative estimate of drug-likeness (QED) is 0.751. The van der Waals surface area contributed by atoms with Crippen LogP contribution >= 0.6 is 0 Å². The summed E-state index contributed by atoms with van der Waals surface area (Å²) in [5.74, 6) is 1.60. The van der Waals surface area contributed by atoms with Gasteiger partial charge in [0.25, 0.3) is 5.91 Å². The molecule has 1 aliphatic carbocycles. The number of amides is 1. The number of carbonyl (C=O) groups is 1. The van der Waals surface area contributed by atoms with E-state index in [9.17, 15) is 4.79 Å². The van der Waals surface area contributed by atoms with E-state index in [0.29, 0.717) is 11.4 Å². The summed E-state index contributed by atoms with van der Waals surface area (Å²) in [7, 11) is 0. The van der Waals surface area contributed by atoms with Crippen LogP contribution in [0.1, 0.15) is 29.8 Å². The lowest BCUT2D eigenvalue weighted by Crippen LogP contribution is -2.29. The predicted octanol–water partition coefficient (Wildman–Crippen LogP) is 1.47. The number of aromatic nitrogens is 1. The molecule has 2 aliphatic rings. The van der Waals surface area contributed by atoms with Crippen molar-refractivity contribution in [3.8, 4) is 0 Å². The van der Waals surface area contributed by atoms with Crippen molar-refractivity contribution < 1.29 is 4.79 Å². The fourth-order valence-electron chi connectivity index (χ4n) is 3.11. The van der Waals surface area contributed by atoms with Crippen LogP contribution in [-0.2, 0) is 0 Å². The molecule has 1 aliphatic heterocycles. The molecule has 2 fully saturated rings. The van der Waals surface area contributed by atoms with Crippen molar-refractivity contribution in [1.29, 1.82) is 0 Å². The molecule has 4 nitrogen and oxygen atoms in total. The maximum atomic E-state index is 12.1. The summed E-state index contributed by atoms with van der Waals surface area (Å²) in [5.41, 5.74) is 6.86. The number of rotatable bonds is 1. The summed E-state index contributed by atoms with van der Waals surface area (Å²) in [4.78, 5) is 17.0. The van der Waals surface area contributed by atoms with E-state index in [4.69, 9.17) is 5.73 Å². The Morgan fingerprint density at radius 1 is 1.38 bits per heavy atom. The van der Waals surface area contributed by atoms with E-state index < -0.39 is 0 Å². The molecule has 3 N–H and O–H groups in total. The Hall–Kier alpha value is -1.45. The minimum absolute atomic E-state index is 0.103. The highest BCUT2D eigenvalue weighted by molar-refractivity contribution is 5.93. The normalized spacial score (nSPS) is 28.4. The molecule has 0 bridgehead atoms. The Kier molecular flexibility index (Phi) is 2.16. The smallest absolute Gasteiger partial charge is 0.270 e. The first-order valence-electron chi connectivity index (χ1n) is 5.97. The van der Waals surface area contributed by atoms with E-state index >= 15 is 0 Å². The van der Waals surface area contributed by atoms with E-state index in [2.05, 4.69) is 4.98 Å². The van der Waals surface area contributed by atoms with Crippen LogP contribution in [0, 0.1) is 11.8 Å². The van der Waals surface area contributed by atoms with Gasteiger partial charge in [-0.15, -0.1) is 0 Å². The highest BCUT2D eigenvalue weighted by Crippen LogP contribution is 2.38. The number of fused-ring (bicyclic) bond motifs is 1. The standard InChI is InChI=1S/C12H17N3O/c13-10-4-11(14-5-10)12(16)15-6-8-2-1-3-9(8)7-15/h4-5,8-9,14H,1-3,6-7,13H2. The second-order valence-electron chi connectivity index (χ2n) is 5.01. The number of nitrogens with zero attached hydrogens (tertiary/aromatic N) is 1. The lowest BCUT2D eigenvalue weighted by Gasteiger charge is -2.16. The first-order valence-corrected chi connectivity index (χ1v) is 5.97. The first-order chi connectivity index (χ1) is 7.74. The minimum Gasteiger partial charge on any atom is -0.397 e. The zero-order valence-corrected chi connectivity index (χ0v) is 9.28. The second kappa shape index (κ2) is 3.54. The van der Waals surface area contributed by atoms with Gasteiger partial charge in [0.2, 0.25) is 0 Å². The number of hydrogen-bond acceptors (Lipinski definition) is 2. The van der Waals surface area contributed by atoms with Crippen LogP contribution in [0.2, 0.25) is 0 Å². The average molecular weight is 219 g/mol. The first kappa shape index (κ1) is 9.75. The highest BCUT2D eigenvalue weighted by Gasteiger charge is 2.38. The summed E-state index contributed by atoms with van der Waals surface area (Å²) in [6.07, 6.45) is 5.60. The number of H-pyrrole nitrogens is 1. The Labute approximate surface area is 94.8 Å². The third kappa shape index (κ3) is 1.49. The van der Waals surface area contributed by atoms with Crippen LogP contribution in [0.5, 0.6) is 0 Å². The van der Waals surface area contributed by atoms with Gasteiger partial charge in [-0.2, -0.15) is 0 Å². The average Bonchev–Trinajstić information content (AvgIpc) is 2.89. The van der Waals surface area contributed by atoms with Gasteiger partial charge in [-0.1, -0.05) is 6.42 Å². The molecule has 0 spiro atoms. The predicted molar refractivity (Wildman–Crippen MR) is 61.9 cm³/mol. The lowest BCUT2D eigenvalue weighted by atomic mass is 10.0. The molecule has 1 amide bonds. The molecule has 86 valence electrons. The Bertz CT molecular complexity index is 400. The van der Waals surface area contributed by atoms with Gasteiger partial charge in [0.1, 0.15) is 5.69 Å². The number of nitrogens with two attached hydrogens (primary N) is 1. The van der Waals surface area contributed by atoms with Crippen molar-refractivity contribution >= 4 is 11.6 Å². The third-order valence-corrected chi connectivity index (χ3v) is 3.95. The number of nitrogen functional groups attached to an aromatic ring is 1. The van der Waals surface area contributed by atoms with Gasteiger partial charge in [0.05, 0.1) is 0 Å². The number of hydrogen-bond donors (Lipinski definition) is 2. The van der Waals surface area contributed by atoms with Crippen molar-refractivity contribution in [2.24, 2.45) is 11.8 Å². The number of anilines is 1. The van der Waals surface area contributed by atoms with E-state index in [-0.39, 0.29) is 5.91 Å². The van der Waals surface area contributed by atoms with E-state index in [1.165, 1.54) is 19.3 Å². The fraction of sp³-hybridized carbons (Fsp3) is 0.583. The Morgan fingerprint density at radius 2 is 2.06 bits per heavy atom. The summed E-state index contributed by atoms with van der Waals surface area (Å²) in [6.45, 7) is 1.87. The largest absolute Gasteiger partial charge is 0.397 e. The summed E-state index contributed by atoms with van der Waals surface area (Å²) in [6, 6.07) is 1.72. The van der Waals surface area contributed by atoms with Gasteiger partial charge < -0.3 is 15.6 Å². The van der Waals surface area contributed by atoms with Gasteiger partial charge in [-0.3, -0.25) is 4.79 Å². The molecule has 0 radical (unpaired) electrons. The van der Waals surface area contributed by atoms with Crippen molar-refractivity contribution in [3.63, 3.8) is 0 Å². The van der Waals surface area contributed by atoms with E-state index in [1.807, 2.05) is 4.90 Å². The molecule has 1 saturated heterocycles. The fourth-order valence-corrected chi connectivity index (χ4v) is 3.11. The van der Waals surface area contributed by atoms with Gasteiger partial charge in [-0.05, 0) is 30.7 Å². The van der Waals surface area contributed by atoms with Crippen molar-refractivity contribution in [2.75, 3.05) is 18.8 Å². The van der Waals surface area contributed by atoms with Crippen molar-refractivity contribution in [1.82, 2.24) is 9.88 Å². The zero-order valence-electron chi connectivity index (χ0n) is 9.28. The molecule has 2 unspecified atom stereocenters. The van der Waals surface area contributed by atoms with Crippen LogP contribution in [0.4, 0.5) is 5.69 Å². The minimum atomic E-state index is 0.103. The summed E-state index contributed by atoms with van der Waals surface area (Å²) < 4.78 is 0. The van der Waals surface area contributed by atoms with Gasteiger partial charge in [0, 0.05) is 25.0 Å². The van der Waals surface area contributed by atoms with Crippen LogP contribution < -0.4 is 5.73 Å².